The summed E-state index contributed by atoms with van der Waals surface area (Å²) < 4.78 is 1.93. The molecule has 0 spiro atoms. The van der Waals surface area contributed by atoms with Gasteiger partial charge in [-0.15, -0.1) is 0 Å². The number of nitrogens with zero attached hydrogens (tertiary/aromatic N) is 3. The molecule has 0 unspecified atom stereocenters. The summed E-state index contributed by atoms with van der Waals surface area (Å²) in [6, 6.07) is 7.44. The Labute approximate surface area is 128 Å². The van der Waals surface area contributed by atoms with Crippen molar-refractivity contribution in [3.05, 3.63) is 54.1 Å². The van der Waals surface area contributed by atoms with Crippen molar-refractivity contribution in [1.29, 1.82) is 0 Å². The number of likely N-dealkylation sites (tertiary alicyclic amines) is 1. The van der Waals surface area contributed by atoms with E-state index in [0.717, 1.165) is 5.56 Å². The first kappa shape index (κ1) is 14.3. The zero-order valence-corrected chi connectivity index (χ0v) is 12.1. The Kier molecular flexibility index (Phi) is 3.91. The molecule has 1 atom stereocenters. The average Bonchev–Trinajstić information content (AvgIpc) is 3.18. The molecular formula is C16H17N3O3. The molecule has 0 radical (unpaired) electrons. The molecule has 114 valence electrons. The highest BCUT2D eigenvalue weighted by atomic mass is 16.4. The maximum absolute atomic E-state index is 12.5. The minimum atomic E-state index is -0.829. The molecule has 0 saturated carbocycles. The summed E-state index contributed by atoms with van der Waals surface area (Å²) >= 11 is 0. The fourth-order valence-corrected chi connectivity index (χ4v) is 2.72. The van der Waals surface area contributed by atoms with E-state index in [1.54, 1.807) is 23.5 Å². The first-order valence-corrected chi connectivity index (χ1v) is 7.20. The molecule has 0 bridgehead atoms. The van der Waals surface area contributed by atoms with Crippen molar-refractivity contribution in [2.75, 3.05) is 13.1 Å². The predicted octanol–water partition coefficient (Wildman–Crippen LogP) is 1.48. The number of benzene rings is 1. The highest BCUT2D eigenvalue weighted by Crippen LogP contribution is 2.19. The van der Waals surface area contributed by atoms with Gasteiger partial charge in [-0.1, -0.05) is 12.1 Å². The topological polar surface area (TPSA) is 75.4 Å². The third-order valence-corrected chi connectivity index (χ3v) is 3.92. The van der Waals surface area contributed by atoms with Crippen molar-refractivity contribution in [2.24, 2.45) is 5.92 Å². The van der Waals surface area contributed by atoms with Crippen molar-refractivity contribution in [3.8, 4) is 0 Å². The van der Waals surface area contributed by atoms with Crippen LogP contribution in [0.1, 0.15) is 22.3 Å². The Morgan fingerprint density at radius 3 is 2.91 bits per heavy atom. The highest BCUT2D eigenvalue weighted by Gasteiger charge is 2.31. The van der Waals surface area contributed by atoms with E-state index in [0.29, 0.717) is 31.6 Å². The van der Waals surface area contributed by atoms with Crippen LogP contribution in [0.5, 0.6) is 0 Å². The van der Waals surface area contributed by atoms with Crippen LogP contribution in [0.4, 0.5) is 0 Å². The minimum Gasteiger partial charge on any atom is -0.481 e. The molecule has 1 aromatic carbocycles. The zero-order chi connectivity index (χ0) is 15.5. The van der Waals surface area contributed by atoms with Gasteiger partial charge in [0.1, 0.15) is 0 Å². The predicted molar refractivity (Wildman–Crippen MR) is 79.4 cm³/mol. The van der Waals surface area contributed by atoms with E-state index >= 15 is 0 Å². The molecule has 0 aliphatic carbocycles. The van der Waals surface area contributed by atoms with Crippen LogP contribution in [0.25, 0.3) is 0 Å². The second kappa shape index (κ2) is 6.01. The van der Waals surface area contributed by atoms with Gasteiger partial charge in [0.2, 0.25) is 0 Å². The van der Waals surface area contributed by atoms with E-state index < -0.39 is 11.9 Å². The molecule has 2 aromatic rings. The number of carbonyl (C=O) groups excluding carboxylic acids is 1. The summed E-state index contributed by atoms with van der Waals surface area (Å²) in [4.78, 5) is 29.1. The Hall–Kier alpha value is -2.63. The van der Waals surface area contributed by atoms with Crippen molar-refractivity contribution in [3.63, 3.8) is 0 Å². The fraction of sp³-hybridized carbons (Fsp3) is 0.312. The van der Waals surface area contributed by atoms with Gasteiger partial charge in [0.05, 0.1) is 12.2 Å². The van der Waals surface area contributed by atoms with Crippen LogP contribution in [-0.4, -0.2) is 44.5 Å². The third kappa shape index (κ3) is 3.00. The van der Waals surface area contributed by atoms with Gasteiger partial charge in [0.15, 0.2) is 0 Å². The van der Waals surface area contributed by atoms with Crippen LogP contribution < -0.4 is 0 Å². The summed E-state index contributed by atoms with van der Waals surface area (Å²) in [7, 11) is 0. The fourth-order valence-electron chi connectivity index (χ4n) is 2.72. The van der Waals surface area contributed by atoms with E-state index in [-0.39, 0.29) is 5.91 Å². The highest BCUT2D eigenvalue weighted by molar-refractivity contribution is 5.95. The molecule has 6 nitrogen and oxygen atoms in total. The lowest BCUT2D eigenvalue weighted by molar-refractivity contribution is -0.141. The van der Waals surface area contributed by atoms with Gasteiger partial charge < -0.3 is 14.6 Å². The summed E-state index contributed by atoms with van der Waals surface area (Å²) in [5.41, 5.74) is 1.61. The van der Waals surface area contributed by atoms with Gasteiger partial charge in [-0.05, 0) is 24.1 Å². The molecule has 1 N–H and O–H groups in total. The maximum Gasteiger partial charge on any atom is 0.308 e. The molecule has 1 saturated heterocycles. The number of carboxylic acid groups (broad SMARTS) is 1. The van der Waals surface area contributed by atoms with E-state index in [4.69, 9.17) is 5.11 Å². The molecular weight excluding hydrogens is 282 g/mol. The number of carbonyl (C=O) groups is 2. The standard InChI is InChI=1S/C16H17N3O3/c20-15(19-6-4-14(10-19)16(21)22)13-3-1-2-12(8-13)9-18-7-5-17-11-18/h1-3,5,7-8,11,14H,4,6,9-10H2,(H,21,22)/t14-/m0/s1. The number of rotatable bonds is 4. The third-order valence-electron chi connectivity index (χ3n) is 3.92. The first-order chi connectivity index (χ1) is 10.6. The molecule has 6 heteroatoms. The molecule has 1 amide bonds. The van der Waals surface area contributed by atoms with Crippen LogP contribution >= 0.6 is 0 Å². The number of carboxylic acids is 1. The van der Waals surface area contributed by atoms with Crippen molar-refractivity contribution in [2.45, 2.75) is 13.0 Å². The van der Waals surface area contributed by atoms with Crippen LogP contribution in [0.2, 0.25) is 0 Å². The molecule has 1 aliphatic rings. The molecule has 1 aromatic heterocycles. The van der Waals surface area contributed by atoms with Crippen molar-refractivity contribution < 1.29 is 14.7 Å². The van der Waals surface area contributed by atoms with Crippen molar-refractivity contribution in [1.82, 2.24) is 14.5 Å². The van der Waals surface area contributed by atoms with Crippen LogP contribution in [0, 0.1) is 5.92 Å². The van der Waals surface area contributed by atoms with Crippen LogP contribution in [-0.2, 0) is 11.3 Å². The lowest BCUT2D eigenvalue weighted by Gasteiger charge is -2.16. The van der Waals surface area contributed by atoms with Gasteiger partial charge in [-0.2, -0.15) is 0 Å². The SMILES string of the molecule is O=C(O)[C@H]1CCN(C(=O)c2cccc(Cn3ccnc3)c2)C1. The Bertz CT molecular complexity index is 682. The smallest absolute Gasteiger partial charge is 0.308 e. The van der Waals surface area contributed by atoms with Gasteiger partial charge in [0.25, 0.3) is 5.91 Å². The molecule has 1 fully saturated rings. The van der Waals surface area contributed by atoms with E-state index in [2.05, 4.69) is 4.98 Å². The number of hydrogen-bond acceptors (Lipinski definition) is 3. The lowest BCUT2D eigenvalue weighted by Crippen LogP contribution is -2.30. The zero-order valence-electron chi connectivity index (χ0n) is 12.1. The monoisotopic (exact) mass is 299 g/mol. The van der Waals surface area contributed by atoms with Crippen molar-refractivity contribution >= 4 is 11.9 Å². The van der Waals surface area contributed by atoms with Gasteiger partial charge in [0, 0.05) is 37.6 Å². The van der Waals surface area contributed by atoms with Gasteiger partial charge >= 0.3 is 5.97 Å². The largest absolute Gasteiger partial charge is 0.481 e. The summed E-state index contributed by atoms with van der Waals surface area (Å²) in [5, 5.41) is 9.02. The van der Waals surface area contributed by atoms with Crippen LogP contribution in [0.15, 0.2) is 43.0 Å². The number of aromatic nitrogens is 2. The molecule has 1 aliphatic heterocycles. The normalized spacial score (nSPS) is 17.6. The van der Waals surface area contributed by atoms with E-state index in [1.165, 1.54) is 0 Å². The quantitative estimate of drug-likeness (QED) is 0.928. The number of aliphatic carboxylic acids is 1. The Balaban J connectivity index is 1.72. The van der Waals surface area contributed by atoms with E-state index in [1.807, 2.05) is 29.0 Å². The summed E-state index contributed by atoms with van der Waals surface area (Å²) in [5.74, 6) is -1.38. The van der Waals surface area contributed by atoms with Gasteiger partial charge in [-0.25, -0.2) is 4.98 Å². The van der Waals surface area contributed by atoms with E-state index in [9.17, 15) is 9.59 Å². The number of hydrogen-bond donors (Lipinski definition) is 1. The Morgan fingerprint density at radius 2 is 2.23 bits per heavy atom. The summed E-state index contributed by atoms with van der Waals surface area (Å²) in [6.45, 7) is 1.44. The second-order valence-corrected chi connectivity index (χ2v) is 5.51. The Morgan fingerprint density at radius 1 is 1.36 bits per heavy atom. The summed E-state index contributed by atoms with van der Waals surface area (Å²) in [6.07, 6.45) is 5.83. The second-order valence-electron chi connectivity index (χ2n) is 5.51. The van der Waals surface area contributed by atoms with Crippen LogP contribution in [0.3, 0.4) is 0 Å². The average molecular weight is 299 g/mol. The minimum absolute atomic E-state index is 0.101. The number of amides is 1. The first-order valence-electron chi connectivity index (χ1n) is 7.20. The lowest BCUT2D eigenvalue weighted by atomic mass is 10.1. The maximum atomic E-state index is 12.5. The molecule has 22 heavy (non-hydrogen) atoms. The number of imidazole rings is 1. The molecule has 2 heterocycles. The van der Waals surface area contributed by atoms with Gasteiger partial charge in [-0.3, -0.25) is 9.59 Å². The molecule has 3 rings (SSSR count).